The van der Waals surface area contributed by atoms with Gasteiger partial charge in [-0.05, 0) is 29.4 Å². The number of carbonyl (C=O) groups excluding carboxylic acids is 2. The Bertz CT molecular complexity index is 745. The van der Waals surface area contributed by atoms with Crippen molar-refractivity contribution in [3.8, 4) is 0 Å². The van der Waals surface area contributed by atoms with E-state index in [1.165, 1.54) is 12.3 Å². The van der Waals surface area contributed by atoms with Gasteiger partial charge in [-0.3, -0.25) is 9.59 Å². The highest BCUT2D eigenvalue weighted by Gasteiger charge is 2.50. The standard InChI is InChI=1S/C15H9NO3/c17-13-3-1-2-11-10-4-5-19-12(10)6-9-8-16-14(18)7-15(9,11)13/h1-6,8H,7H2. The minimum atomic E-state index is -0.898. The van der Waals surface area contributed by atoms with Crippen molar-refractivity contribution in [1.82, 2.24) is 0 Å². The fraction of sp³-hybridized carbons (Fsp3) is 0.133. The second-order valence-electron chi connectivity index (χ2n) is 4.84. The van der Waals surface area contributed by atoms with E-state index in [2.05, 4.69) is 4.99 Å². The van der Waals surface area contributed by atoms with Crippen LogP contribution >= 0.6 is 0 Å². The molecule has 3 aliphatic rings. The van der Waals surface area contributed by atoms with E-state index in [0.717, 1.165) is 16.7 Å². The summed E-state index contributed by atoms with van der Waals surface area (Å²) in [6.07, 6.45) is 10.1. The Kier molecular flexibility index (Phi) is 1.81. The zero-order valence-corrected chi connectivity index (χ0v) is 9.92. The third kappa shape index (κ3) is 1.15. The van der Waals surface area contributed by atoms with Crippen molar-refractivity contribution in [2.75, 3.05) is 0 Å². The van der Waals surface area contributed by atoms with Crippen molar-refractivity contribution < 1.29 is 14.0 Å². The Balaban J connectivity index is 2.09. The third-order valence-electron chi connectivity index (χ3n) is 3.92. The van der Waals surface area contributed by atoms with Crippen LogP contribution in [0.15, 0.2) is 45.5 Å². The molecule has 4 nitrogen and oxygen atoms in total. The van der Waals surface area contributed by atoms with Crippen LogP contribution in [0.5, 0.6) is 0 Å². The molecule has 0 fully saturated rings. The lowest BCUT2D eigenvalue weighted by Crippen LogP contribution is -2.41. The van der Waals surface area contributed by atoms with Gasteiger partial charge in [0.1, 0.15) is 5.76 Å². The first-order valence-corrected chi connectivity index (χ1v) is 6.02. The number of fused-ring (bicyclic) bond motifs is 2. The molecule has 2 aliphatic carbocycles. The summed E-state index contributed by atoms with van der Waals surface area (Å²) in [5.74, 6) is 0.377. The minimum absolute atomic E-state index is 0.0670. The molecule has 0 aromatic carbocycles. The molecule has 0 saturated carbocycles. The average molecular weight is 251 g/mol. The molecule has 1 atom stereocenters. The molecule has 2 heterocycles. The van der Waals surface area contributed by atoms with Gasteiger partial charge in [0, 0.05) is 11.8 Å². The molecular weight excluding hydrogens is 242 g/mol. The summed E-state index contributed by atoms with van der Waals surface area (Å²) in [5, 5.41) is 0. The molecule has 4 heteroatoms. The molecule has 1 spiro atoms. The highest BCUT2D eigenvalue weighted by Crippen LogP contribution is 2.52. The molecule has 0 radical (unpaired) electrons. The van der Waals surface area contributed by atoms with E-state index in [-0.39, 0.29) is 18.1 Å². The normalized spacial score (nSPS) is 27.4. The van der Waals surface area contributed by atoms with Crippen LogP contribution in [0.2, 0.25) is 0 Å². The summed E-state index contributed by atoms with van der Waals surface area (Å²) in [6.45, 7) is 0. The summed E-state index contributed by atoms with van der Waals surface area (Å²) < 4.78 is 5.41. The molecule has 1 aliphatic heterocycles. The largest absolute Gasteiger partial charge is 0.464 e. The molecular formula is C15H9NO3. The topological polar surface area (TPSA) is 59.6 Å². The lowest BCUT2D eigenvalue weighted by molar-refractivity contribution is -0.126. The summed E-state index contributed by atoms with van der Waals surface area (Å²) in [6, 6.07) is 1.83. The first kappa shape index (κ1) is 10.4. The molecule has 0 saturated heterocycles. The monoisotopic (exact) mass is 251 g/mol. The number of allylic oxidation sites excluding steroid dienone is 5. The van der Waals surface area contributed by atoms with Gasteiger partial charge in [0.2, 0.25) is 5.91 Å². The van der Waals surface area contributed by atoms with E-state index in [9.17, 15) is 9.59 Å². The molecule has 1 aromatic rings. The van der Waals surface area contributed by atoms with Crippen LogP contribution in [0.3, 0.4) is 0 Å². The number of aliphatic imine (C=N–C) groups is 1. The van der Waals surface area contributed by atoms with E-state index < -0.39 is 5.41 Å². The molecule has 1 amide bonds. The average Bonchev–Trinajstić information content (AvgIpc) is 2.85. The van der Waals surface area contributed by atoms with Gasteiger partial charge in [-0.2, -0.15) is 0 Å². The van der Waals surface area contributed by atoms with Gasteiger partial charge in [-0.1, -0.05) is 12.2 Å². The molecule has 19 heavy (non-hydrogen) atoms. The number of furan rings is 1. The van der Waals surface area contributed by atoms with Crippen LogP contribution < -0.4 is 0 Å². The minimum Gasteiger partial charge on any atom is -0.464 e. The van der Waals surface area contributed by atoms with Gasteiger partial charge in [0.05, 0.1) is 18.1 Å². The maximum Gasteiger partial charge on any atom is 0.247 e. The van der Waals surface area contributed by atoms with Gasteiger partial charge in [-0.25, -0.2) is 4.99 Å². The number of carbonyl (C=O) groups is 2. The number of nitrogens with zero attached hydrogens (tertiary/aromatic N) is 1. The molecule has 1 unspecified atom stereocenters. The summed E-state index contributed by atoms with van der Waals surface area (Å²) in [5.41, 5.74) is 1.55. The second kappa shape index (κ2) is 3.29. The predicted octanol–water partition coefficient (Wildman–Crippen LogP) is 2.19. The summed E-state index contributed by atoms with van der Waals surface area (Å²) in [7, 11) is 0. The maximum atomic E-state index is 12.4. The summed E-state index contributed by atoms with van der Waals surface area (Å²) >= 11 is 0. The highest BCUT2D eigenvalue weighted by molar-refractivity contribution is 6.20. The second-order valence-corrected chi connectivity index (χ2v) is 4.84. The number of hydrogen-bond acceptors (Lipinski definition) is 3. The number of rotatable bonds is 0. The Morgan fingerprint density at radius 2 is 2.21 bits per heavy atom. The van der Waals surface area contributed by atoms with E-state index in [0.29, 0.717) is 5.76 Å². The van der Waals surface area contributed by atoms with Crippen molar-refractivity contribution in [2.45, 2.75) is 6.42 Å². The van der Waals surface area contributed by atoms with Crippen molar-refractivity contribution >= 4 is 29.6 Å². The lowest BCUT2D eigenvalue weighted by Gasteiger charge is -2.39. The van der Waals surface area contributed by atoms with Crippen LogP contribution in [-0.4, -0.2) is 17.9 Å². The van der Waals surface area contributed by atoms with Gasteiger partial charge in [0.25, 0.3) is 0 Å². The van der Waals surface area contributed by atoms with Crippen LogP contribution in [0.4, 0.5) is 0 Å². The highest BCUT2D eigenvalue weighted by atomic mass is 16.3. The molecule has 0 bridgehead atoms. The number of amides is 1. The fourth-order valence-electron chi connectivity index (χ4n) is 3.03. The van der Waals surface area contributed by atoms with Crippen LogP contribution in [0, 0.1) is 5.41 Å². The van der Waals surface area contributed by atoms with E-state index in [1.807, 2.05) is 12.1 Å². The molecule has 92 valence electrons. The van der Waals surface area contributed by atoms with Gasteiger partial charge < -0.3 is 4.42 Å². The maximum absolute atomic E-state index is 12.4. The first-order chi connectivity index (χ1) is 9.22. The Morgan fingerprint density at radius 1 is 1.32 bits per heavy atom. The number of hydrogen-bond donors (Lipinski definition) is 0. The van der Waals surface area contributed by atoms with Gasteiger partial charge >= 0.3 is 0 Å². The predicted molar refractivity (Wildman–Crippen MR) is 69.4 cm³/mol. The molecule has 4 rings (SSSR count). The Labute approximate surface area is 108 Å². The van der Waals surface area contributed by atoms with Crippen LogP contribution in [-0.2, 0) is 9.59 Å². The zero-order valence-electron chi connectivity index (χ0n) is 9.92. The smallest absolute Gasteiger partial charge is 0.247 e. The number of ketones is 1. The zero-order chi connectivity index (χ0) is 13.0. The quantitative estimate of drug-likeness (QED) is 0.710. The van der Waals surface area contributed by atoms with E-state index in [1.54, 1.807) is 18.4 Å². The Hall–Kier alpha value is -2.49. The Morgan fingerprint density at radius 3 is 3.11 bits per heavy atom. The van der Waals surface area contributed by atoms with E-state index in [4.69, 9.17) is 4.42 Å². The van der Waals surface area contributed by atoms with Crippen molar-refractivity contribution in [3.63, 3.8) is 0 Å². The van der Waals surface area contributed by atoms with Crippen LogP contribution in [0.25, 0.3) is 11.6 Å². The fourth-order valence-corrected chi connectivity index (χ4v) is 3.03. The van der Waals surface area contributed by atoms with Crippen molar-refractivity contribution in [2.24, 2.45) is 10.4 Å². The molecule has 0 N–H and O–H groups in total. The van der Waals surface area contributed by atoms with Crippen molar-refractivity contribution in [3.05, 3.63) is 47.5 Å². The van der Waals surface area contributed by atoms with Gasteiger partial charge in [-0.15, -0.1) is 0 Å². The van der Waals surface area contributed by atoms with Crippen LogP contribution in [0.1, 0.15) is 17.7 Å². The van der Waals surface area contributed by atoms with Crippen molar-refractivity contribution in [1.29, 1.82) is 0 Å². The molecule has 1 aromatic heterocycles. The van der Waals surface area contributed by atoms with Gasteiger partial charge in [0.15, 0.2) is 5.78 Å². The SMILES string of the molecule is O=C1CC23C(=O)C=CC=C2c2ccoc2C=C3C=N1. The summed E-state index contributed by atoms with van der Waals surface area (Å²) in [4.78, 5) is 28.0. The lowest BCUT2D eigenvalue weighted by atomic mass is 9.61. The van der Waals surface area contributed by atoms with E-state index >= 15 is 0 Å². The third-order valence-corrected chi connectivity index (χ3v) is 3.92. The first-order valence-electron chi connectivity index (χ1n) is 6.02.